The fraction of sp³-hybridized carbons (Fsp3) is 0.417. The summed E-state index contributed by atoms with van der Waals surface area (Å²) in [6.07, 6.45) is 0.145. The Kier molecular flexibility index (Phi) is 5.45. The molecular formula is C12H19N3O2. The van der Waals surface area contributed by atoms with Crippen LogP contribution in [0.4, 0.5) is 11.4 Å². The molecule has 0 aliphatic rings. The van der Waals surface area contributed by atoms with Crippen molar-refractivity contribution in [1.82, 2.24) is 0 Å². The van der Waals surface area contributed by atoms with Crippen LogP contribution in [0.25, 0.3) is 0 Å². The van der Waals surface area contributed by atoms with Gasteiger partial charge < -0.3 is 21.5 Å². The third-order valence-corrected chi connectivity index (χ3v) is 2.25. The predicted molar refractivity (Wildman–Crippen MR) is 68.9 cm³/mol. The molecule has 94 valence electrons. The largest absolute Gasteiger partial charge is 0.391 e. The van der Waals surface area contributed by atoms with Crippen molar-refractivity contribution >= 4 is 17.3 Å². The molecule has 1 rings (SSSR count). The zero-order chi connectivity index (χ0) is 12.7. The Morgan fingerprint density at radius 3 is 2.47 bits per heavy atom. The highest BCUT2D eigenvalue weighted by molar-refractivity contribution is 5.88. The van der Waals surface area contributed by atoms with Crippen molar-refractivity contribution in [3.8, 4) is 0 Å². The van der Waals surface area contributed by atoms with Crippen LogP contribution in [0.15, 0.2) is 24.3 Å². The minimum absolute atomic E-state index is 0.0934. The second-order valence-electron chi connectivity index (χ2n) is 3.87. The summed E-state index contributed by atoms with van der Waals surface area (Å²) < 4.78 is 0. The zero-order valence-corrected chi connectivity index (χ0v) is 9.94. The molecule has 5 nitrogen and oxygen atoms in total. The van der Waals surface area contributed by atoms with Gasteiger partial charge in [0.25, 0.3) is 0 Å². The lowest BCUT2D eigenvalue weighted by Crippen LogP contribution is -2.22. The van der Waals surface area contributed by atoms with Gasteiger partial charge in [-0.2, -0.15) is 0 Å². The maximum absolute atomic E-state index is 10.8. The lowest BCUT2D eigenvalue weighted by atomic mass is 10.2. The highest BCUT2D eigenvalue weighted by Gasteiger charge is 2.02. The first-order valence-corrected chi connectivity index (χ1v) is 5.61. The number of carbonyl (C=O) groups is 1. The summed E-state index contributed by atoms with van der Waals surface area (Å²) in [5.41, 5.74) is 6.99. The number of hydrogen-bond donors (Lipinski definition) is 4. The highest BCUT2D eigenvalue weighted by atomic mass is 16.3. The van der Waals surface area contributed by atoms with E-state index in [1.165, 1.54) is 6.92 Å². The molecule has 0 aliphatic carbocycles. The molecule has 0 aliphatic heterocycles. The van der Waals surface area contributed by atoms with Crippen molar-refractivity contribution in [2.75, 3.05) is 23.7 Å². The predicted octanol–water partition coefficient (Wildman–Crippen LogP) is 0.767. The van der Waals surface area contributed by atoms with Gasteiger partial charge in [0.05, 0.1) is 6.10 Å². The van der Waals surface area contributed by atoms with Gasteiger partial charge in [-0.15, -0.1) is 0 Å². The van der Waals surface area contributed by atoms with Crippen molar-refractivity contribution in [2.45, 2.75) is 19.4 Å². The van der Waals surface area contributed by atoms with E-state index in [0.717, 1.165) is 11.4 Å². The Bertz CT molecular complexity index is 351. The van der Waals surface area contributed by atoms with Gasteiger partial charge in [-0.05, 0) is 37.2 Å². The summed E-state index contributed by atoms with van der Waals surface area (Å²) in [6.45, 7) is 2.41. The molecule has 1 amide bonds. The Labute approximate surface area is 101 Å². The number of nitrogens with one attached hydrogen (secondary N) is 2. The molecule has 0 heterocycles. The van der Waals surface area contributed by atoms with Gasteiger partial charge >= 0.3 is 0 Å². The summed E-state index contributed by atoms with van der Waals surface area (Å²) in [6, 6.07) is 7.30. The first kappa shape index (κ1) is 13.5. The SMILES string of the molecule is CC(=O)Nc1ccc(NCC(O)CCN)cc1. The number of amides is 1. The van der Waals surface area contributed by atoms with E-state index >= 15 is 0 Å². The smallest absolute Gasteiger partial charge is 0.221 e. The summed E-state index contributed by atoms with van der Waals surface area (Å²) in [5.74, 6) is -0.0934. The Morgan fingerprint density at radius 1 is 1.35 bits per heavy atom. The second-order valence-corrected chi connectivity index (χ2v) is 3.87. The molecule has 0 saturated carbocycles. The van der Waals surface area contributed by atoms with E-state index in [9.17, 15) is 9.90 Å². The quantitative estimate of drug-likeness (QED) is 0.588. The van der Waals surface area contributed by atoms with Gasteiger partial charge in [0, 0.05) is 24.8 Å². The number of aliphatic hydroxyl groups excluding tert-OH is 1. The van der Waals surface area contributed by atoms with Gasteiger partial charge in [0.1, 0.15) is 0 Å². The Hall–Kier alpha value is -1.59. The minimum atomic E-state index is -0.435. The molecule has 1 aromatic carbocycles. The van der Waals surface area contributed by atoms with Crippen LogP contribution in [0, 0.1) is 0 Å². The standard InChI is InChI=1S/C12H19N3O2/c1-9(16)15-11-4-2-10(3-5-11)14-8-12(17)6-7-13/h2-5,12,14,17H,6-8,13H2,1H3,(H,15,16). The van der Waals surface area contributed by atoms with E-state index in [4.69, 9.17) is 5.73 Å². The topological polar surface area (TPSA) is 87.4 Å². The lowest BCUT2D eigenvalue weighted by molar-refractivity contribution is -0.114. The first-order chi connectivity index (χ1) is 8.11. The fourth-order valence-corrected chi connectivity index (χ4v) is 1.40. The van der Waals surface area contributed by atoms with Crippen LogP contribution in [0.2, 0.25) is 0 Å². The van der Waals surface area contributed by atoms with E-state index in [2.05, 4.69) is 10.6 Å². The molecule has 0 bridgehead atoms. The van der Waals surface area contributed by atoms with E-state index in [-0.39, 0.29) is 5.91 Å². The molecule has 0 spiro atoms. The monoisotopic (exact) mass is 237 g/mol. The normalized spacial score (nSPS) is 11.9. The van der Waals surface area contributed by atoms with E-state index in [1.807, 2.05) is 12.1 Å². The number of nitrogens with two attached hydrogens (primary N) is 1. The van der Waals surface area contributed by atoms with Gasteiger partial charge in [-0.25, -0.2) is 0 Å². The average Bonchev–Trinajstić information content (AvgIpc) is 2.28. The summed E-state index contributed by atoms with van der Waals surface area (Å²) in [7, 11) is 0. The summed E-state index contributed by atoms with van der Waals surface area (Å²) >= 11 is 0. The van der Waals surface area contributed by atoms with Crippen LogP contribution < -0.4 is 16.4 Å². The Balaban J connectivity index is 2.42. The fourth-order valence-electron chi connectivity index (χ4n) is 1.40. The molecule has 5 heteroatoms. The molecule has 0 radical (unpaired) electrons. The van der Waals surface area contributed by atoms with Crippen LogP contribution >= 0.6 is 0 Å². The zero-order valence-electron chi connectivity index (χ0n) is 9.94. The van der Waals surface area contributed by atoms with Crippen molar-refractivity contribution in [1.29, 1.82) is 0 Å². The molecule has 0 aromatic heterocycles. The van der Waals surface area contributed by atoms with E-state index in [0.29, 0.717) is 19.5 Å². The number of carbonyl (C=O) groups excluding carboxylic acids is 1. The molecule has 0 saturated heterocycles. The van der Waals surface area contributed by atoms with E-state index in [1.54, 1.807) is 12.1 Å². The molecule has 1 unspecified atom stereocenters. The van der Waals surface area contributed by atoms with Crippen molar-refractivity contribution < 1.29 is 9.90 Å². The molecule has 1 atom stereocenters. The van der Waals surface area contributed by atoms with Crippen molar-refractivity contribution in [2.24, 2.45) is 5.73 Å². The van der Waals surface area contributed by atoms with Crippen LogP contribution in [-0.2, 0) is 4.79 Å². The third kappa shape index (κ3) is 5.33. The maximum Gasteiger partial charge on any atom is 0.221 e. The van der Waals surface area contributed by atoms with Crippen LogP contribution in [0.5, 0.6) is 0 Å². The lowest BCUT2D eigenvalue weighted by Gasteiger charge is -2.12. The van der Waals surface area contributed by atoms with Gasteiger partial charge in [-0.1, -0.05) is 0 Å². The highest BCUT2D eigenvalue weighted by Crippen LogP contribution is 2.13. The maximum atomic E-state index is 10.8. The average molecular weight is 237 g/mol. The molecule has 17 heavy (non-hydrogen) atoms. The molecule has 5 N–H and O–H groups in total. The van der Waals surface area contributed by atoms with Gasteiger partial charge in [0.15, 0.2) is 0 Å². The molecular weight excluding hydrogens is 218 g/mol. The van der Waals surface area contributed by atoms with Crippen LogP contribution in [0.1, 0.15) is 13.3 Å². The van der Waals surface area contributed by atoms with Gasteiger partial charge in [0.2, 0.25) is 5.91 Å². The number of rotatable bonds is 6. The first-order valence-electron chi connectivity index (χ1n) is 5.61. The number of benzene rings is 1. The van der Waals surface area contributed by atoms with Gasteiger partial charge in [-0.3, -0.25) is 4.79 Å². The molecule has 1 aromatic rings. The second kappa shape index (κ2) is 6.88. The summed E-state index contributed by atoms with van der Waals surface area (Å²) in [4.78, 5) is 10.8. The number of anilines is 2. The minimum Gasteiger partial charge on any atom is -0.391 e. The van der Waals surface area contributed by atoms with Crippen LogP contribution in [0.3, 0.4) is 0 Å². The van der Waals surface area contributed by atoms with Crippen LogP contribution in [-0.4, -0.2) is 30.2 Å². The number of hydrogen-bond acceptors (Lipinski definition) is 4. The van der Waals surface area contributed by atoms with Crippen molar-refractivity contribution in [3.63, 3.8) is 0 Å². The number of aliphatic hydroxyl groups is 1. The van der Waals surface area contributed by atoms with E-state index < -0.39 is 6.10 Å². The summed E-state index contributed by atoms with van der Waals surface area (Å²) in [5, 5.41) is 15.3. The third-order valence-electron chi connectivity index (χ3n) is 2.25. The Morgan fingerprint density at radius 2 is 1.94 bits per heavy atom. The van der Waals surface area contributed by atoms with Crippen molar-refractivity contribution in [3.05, 3.63) is 24.3 Å². The molecule has 0 fully saturated rings.